The number of aromatic nitrogens is 1. The number of carbonyl (C=O) groups excluding carboxylic acids is 1. The summed E-state index contributed by atoms with van der Waals surface area (Å²) in [6, 6.07) is 0.914. The molecule has 0 aromatic carbocycles. The van der Waals surface area contributed by atoms with E-state index >= 15 is 0 Å². The molecule has 6 heteroatoms. The number of rotatable bonds is 3. The van der Waals surface area contributed by atoms with Gasteiger partial charge in [0.1, 0.15) is 5.75 Å². The van der Waals surface area contributed by atoms with Crippen LogP contribution < -0.4 is 10.9 Å². The number of H-pyrrole nitrogens is 1. The van der Waals surface area contributed by atoms with E-state index in [-0.39, 0.29) is 17.9 Å². The largest absolute Gasteiger partial charge is 0.507 e. The zero-order valence-corrected chi connectivity index (χ0v) is 8.15. The van der Waals surface area contributed by atoms with E-state index in [0.29, 0.717) is 0 Å². The van der Waals surface area contributed by atoms with Crippen LogP contribution in [-0.2, 0) is 0 Å². The molecular weight excluding hydrogens is 200 g/mol. The van der Waals surface area contributed by atoms with Crippen LogP contribution in [0.25, 0.3) is 0 Å². The van der Waals surface area contributed by atoms with Gasteiger partial charge < -0.3 is 20.5 Å². The van der Waals surface area contributed by atoms with E-state index in [0.717, 1.165) is 12.3 Å². The number of aromatic amines is 1. The van der Waals surface area contributed by atoms with Crippen molar-refractivity contribution in [3.63, 3.8) is 0 Å². The molecular formula is C9H12N2O4. The molecule has 6 nitrogen and oxygen atoms in total. The first-order valence-corrected chi connectivity index (χ1v) is 4.38. The number of aliphatic hydroxyl groups is 1. The molecule has 0 bridgehead atoms. The van der Waals surface area contributed by atoms with Crippen molar-refractivity contribution in [1.29, 1.82) is 0 Å². The summed E-state index contributed by atoms with van der Waals surface area (Å²) in [5.41, 5.74) is -0.519. The Hall–Kier alpha value is -1.82. The van der Waals surface area contributed by atoms with E-state index in [4.69, 9.17) is 5.11 Å². The average Bonchev–Trinajstić information content (AvgIpc) is 2.14. The minimum Gasteiger partial charge on any atom is -0.507 e. The minimum absolute atomic E-state index is 0.0322. The summed E-state index contributed by atoms with van der Waals surface area (Å²) in [5, 5.41) is 20.6. The van der Waals surface area contributed by atoms with E-state index in [2.05, 4.69) is 10.3 Å². The number of nitrogens with one attached hydrogen (secondary N) is 2. The Morgan fingerprint density at radius 1 is 1.67 bits per heavy atom. The summed E-state index contributed by atoms with van der Waals surface area (Å²) in [6.45, 7) is 1.60. The van der Waals surface area contributed by atoms with E-state index in [1.54, 1.807) is 0 Å². The van der Waals surface area contributed by atoms with Crippen LogP contribution in [0.3, 0.4) is 0 Å². The van der Waals surface area contributed by atoms with Gasteiger partial charge in [0.05, 0.1) is 11.7 Å². The number of hydrogen-bond donors (Lipinski definition) is 4. The summed E-state index contributed by atoms with van der Waals surface area (Å²) in [5.74, 6) is -0.938. The topological polar surface area (TPSA) is 102 Å². The standard InChI is InChI=1S/C9H12N2O4/c1-5(12)3-11-9(15)6-4-10-8(14)2-7(6)13/h2,4-5,12H,3H2,1H3,(H,11,15)(H2,10,13,14). The molecule has 1 atom stereocenters. The Morgan fingerprint density at radius 2 is 2.33 bits per heavy atom. The Labute approximate surface area is 85.6 Å². The number of aliphatic hydroxyl groups excluding tert-OH is 1. The lowest BCUT2D eigenvalue weighted by atomic mass is 10.2. The van der Waals surface area contributed by atoms with Crippen molar-refractivity contribution < 1.29 is 15.0 Å². The first-order chi connectivity index (χ1) is 7.00. The molecule has 0 fully saturated rings. The van der Waals surface area contributed by atoms with Gasteiger partial charge in [0.2, 0.25) is 0 Å². The van der Waals surface area contributed by atoms with Crippen LogP contribution in [0.4, 0.5) is 0 Å². The Balaban J connectivity index is 2.78. The summed E-state index contributed by atoms with van der Waals surface area (Å²) in [7, 11) is 0. The van der Waals surface area contributed by atoms with Crippen LogP contribution in [0.5, 0.6) is 5.75 Å². The van der Waals surface area contributed by atoms with Crippen molar-refractivity contribution in [2.24, 2.45) is 0 Å². The molecule has 1 rings (SSSR count). The SMILES string of the molecule is CC(O)CNC(=O)c1c[nH]c(=O)cc1O. The first-order valence-electron chi connectivity index (χ1n) is 4.38. The Bertz CT molecular complexity index is 411. The Morgan fingerprint density at radius 3 is 2.87 bits per heavy atom. The van der Waals surface area contributed by atoms with Gasteiger partial charge >= 0.3 is 0 Å². The summed E-state index contributed by atoms with van der Waals surface area (Å²) >= 11 is 0. The monoisotopic (exact) mass is 212 g/mol. The fourth-order valence-corrected chi connectivity index (χ4v) is 0.978. The van der Waals surface area contributed by atoms with Gasteiger partial charge in [-0.3, -0.25) is 9.59 Å². The van der Waals surface area contributed by atoms with Crippen LogP contribution in [0, 0.1) is 0 Å². The fourth-order valence-electron chi connectivity index (χ4n) is 0.978. The quantitative estimate of drug-likeness (QED) is 0.526. The maximum Gasteiger partial charge on any atom is 0.256 e. The van der Waals surface area contributed by atoms with E-state index < -0.39 is 17.6 Å². The zero-order chi connectivity index (χ0) is 11.4. The molecule has 0 radical (unpaired) electrons. The van der Waals surface area contributed by atoms with Crippen LogP contribution in [0.2, 0.25) is 0 Å². The van der Waals surface area contributed by atoms with Gasteiger partial charge in [0.25, 0.3) is 11.5 Å². The van der Waals surface area contributed by atoms with E-state index in [1.807, 2.05) is 0 Å². The van der Waals surface area contributed by atoms with Gasteiger partial charge in [-0.1, -0.05) is 0 Å². The lowest BCUT2D eigenvalue weighted by Gasteiger charge is -2.07. The third-order valence-corrected chi connectivity index (χ3v) is 1.71. The van der Waals surface area contributed by atoms with Gasteiger partial charge in [-0.15, -0.1) is 0 Å². The average molecular weight is 212 g/mol. The molecule has 0 aliphatic rings. The van der Waals surface area contributed by atoms with Crippen molar-refractivity contribution in [2.45, 2.75) is 13.0 Å². The normalized spacial score (nSPS) is 12.1. The molecule has 1 aromatic heterocycles. The Kier molecular flexibility index (Phi) is 3.46. The molecule has 1 unspecified atom stereocenters. The lowest BCUT2D eigenvalue weighted by molar-refractivity contribution is 0.0921. The second kappa shape index (κ2) is 4.61. The molecule has 0 spiro atoms. The van der Waals surface area contributed by atoms with Crippen molar-refractivity contribution in [2.75, 3.05) is 6.54 Å². The lowest BCUT2D eigenvalue weighted by Crippen LogP contribution is -2.31. The highest BCUT2D eigenvalue weighted by Crippen LogP contribution is 2.11. The highest BCUT2D eigenvalue weighted by Gasteiger charge is 2.11. The molecule has 0 saturated carbocycles. The van der Waals surface area contributed by atoms with Crippen molar-refractivity contribution >= 4 is 5.91 Å². The third kappa shape index (κ3) is 3.10. The van der Waals surface area contributed by atoms with Crippen LogP contribution >= 0.6 is 0 Å². The van der Waals surface area contributed by atoms with Crippen molar-refractivity contribution in [3.8, 4) is 5.75 Å². The number of amides is 1. The molecule has 0 saturated heterocycles. The summed E-state index contributed by atoms with van der Waals surface area (Å²) < 4.78 is 0. The molecule has 0 aliphatic heterocycles. The number of hydrogen-bond acceptors (Lipinski definition) is 4. The fraction of sp³-hybridized carbons (Fsp3) is 0.333. The smallest absolute Gasteiger partial charge is 0.256 e. The maximum absolute atomic E-state index is 11.4. The van der Waals surface area contributed by atoms with Crippen molar-refractivity contribution in [3.05, 3.63) is 28.2 Å². The highest BCUT2D eigenvalue weighted by molar-refractivity contribution is 5.96. The molecule has 0 aliphatic carbocycles. The van der Waals surface area contributed by atoms with E-state index in [9.17, 15) is 14.7 Å². The molecule has 4 N–H and O–H groups in total. The first kappa shape index (κ1) is 11.3. The molecule has 1 aromatic rings. The molecule has 1 amide bonds. The molecule has 1 heterocycles. The second-order valence-corrected chi connectivity index (χ2v) is 3.16. The van der Waals surface area contributed by atoms with Gasteiger partial charge in [0.15, 0.2) is 0 Å². The summed E-state index contributed by atoms with van der Waals surface area (Å²) in [4.78, 5) is 24.4. The van der Waals surface area contributed by atoms with Gasteiger partial charge in [-0.05, 0) is 6.92 Å². The minimum atomic E-state index is -0.668. The summed E-state index contributed by atoms with van der Waals surface area (Å²) in [6.07, 6.45) is 0.452. The van der Waals surface area contributed by atoms with Crippen LogP contribution in [-0.4, -0.2) is 33.8 Å². The van der Waals surface area contributed by atoms with Gasteiger partial charge in [-0.2, -0.15) is 0 Å². The number of aromatic hydroxyl groups is 1. The highest BCUT2D eigenvalue weighted by atomic mass is 16.3. The van der Waals surface area contributed by atoms with Crippen molar-refractivity contribution in [1.82, 2.24) is 10.3 Å². The van der Waals surface area contributed by atoms with E-state index in [1.165, 1.54) is 6.92 Å². The second-order valence-electron chi connectivity index (χ2n) is 3.16. The predicted molar refractivity (Wildman–Crippen MR) is 52.7 cm³/mol. The molecule has 82 valence electrons. The third-order valence-electron chi connectivity index (χ3n) is 1.71. The number of pyridine rings is 1. The predicted octanol–water partition coefficient (Wildman–Crippen LogP) is -0.809. The molecule has 15 heavy (non-hydrogen) atoms. The maximum atomic E-state index is 11.4. The van der Waals surface area contributed by atoms with Gasteiger partial charge in [-0.25, -0.2) is 0 Å². The number of carbonyl (C=O) groups is 1. The zero-order valence-electron chi connectivity index (χ0n) is 8.15. The van der Waals surface area contributed by atoms with Gasteiger partial charge in [0, 0.05) is 18.8 Å². The van der Waals surface area contributed by atoms with Crippen LogP contribution in [0.1, 0.15) is 17.3 Å². The van der Waals surface area contributed by atoms with Crippen LogP contribution in [0.15, 0.2) is 17.1 Å².